The fourth-order valence-corrected chi connectivity index (χ4v) is 1.06. The van der Waals surface area contributed by atoms with Crippen molar-refractivity contribution in [2.45, 2.75) is 6.92 Å². The number of aldehydes is 1. The third kappa shape index (κ3) is 1.39. The van der Waals surface area contributed by atoms with Crippen molar-refractivity contribution in [2.24, 2.45) is 0 Å². The fourth-order valence-electron chi connectivity index (χ4n) is 1.06. The van der Waals surface area contributed by atoms with Gasteiger partial charge in [-0.15, -0.1) is 0 Å². The summed E-state index contributed by atoms with van der Waals surface area (Å²) < 4.78 is 4.92. The molecule has 0 spiro atoms. The molecule has 0 aromatic carbocycles. The van der Waals surface area contributed by atoms with E-state index in [1.807, 2.05) is 0 Å². The van der Waals surface area contributed by atoms with Crippen LogP contribution >= 0.6 is 0 Å². The first-order valence-corrected chi connectivity index (χ1v) is 4.00. The molecule has 0 aliphatic heterocycles. The smallest absolute Gasteiger partial charge is 0.180 e. The summed E-state index contributed by atoms with van der Waals surface area (Å²) in [6.45, 7) is 1.78. The maximum absolute atomic E-state index is 10.6. The first-order valence-electron chi connectivity index (χ1n) is 4.00. The van der Waals surface area contributed by atoms with Crippen LogP contribution in [0.5, 0.6) is 0 Å². The molecule has 5 nitrogen and oxygen atoms in total. The number of aromatic nitrogens is 3. The molecule has 0 bridgehead atoms. The van der Waals surface area contributed by atoms with Crippen molar-refractivity contribution >= 4 is 6.29 Å². The highest BCUT2D eigenvalue weighted by Gasteiger charge is 2.10. The van der Waals surface area contributed by atoms with Crippen LogP contribution in [0.1, 0.15) is 16.2 Å². The molecule has 0 N–H and O–H groups in total. The van der Waals surface area contributed by atoms with Crippen LogP contribution in [0.3, 0.4) is 0 Å². The Morgan fingerprint density at radius 2 is 2.00 bits per heavy atom. The Labute approximate surface area is 79.8 Å². The van der Waals surface area contributed by atoms with Gasteiger partial charge in [0, 0.05) is 12.4 Å². The van der Waals surface area contributed by atoms with Crippen molar-refractivity contribution in [3.8, 4) is 11.3 Å². The van der Waals surface area contributed by atoms with Gasteiger partial charge in [-0.3, -0.25) is 4.79 Å². The van der Waals surface area contributed by atoms with E-state index >= 15 is 0 Å². The molecule has 2 aromatic rings. The van der Waals surface area contributed by atoms with Gasteiger partial charge >= 0.3 is 0 Å². The molecule has 5 heteroatoms. The largest absolute Gasteiger partial charge is 0.355 e. The number of rotatable bonds is 2. The zero-order valence-corrected chi connectivity index (χ0v) is 7.47. The van der Waals surface area contributed by atoms with E-state index in [2.05, 4.69) is 15.1 Å². The quantitative estimate of drug-likeness (QED) is 0.665. The lowest BCUT2D eigenvalue weighted by molar-refractivity contribution is 0.112. The summed E-state index contributed by atoms with van der Waals surface area (Å²) in [6, 6.07) is 0. The molecule has 2 rings (SSSR count). The van der Waals surface area contributed by atoms with Crippen molar-refractivity contribution in [3.63, 3.8) is 0 Å². The number of carbonyl (C=O) groups excluding carboxylic acids is 1. The lowest BCUT2D eigenvalue weighted by Crippen LogP contribution is -1.88. The Morgan fingerprint density at radius 1 is 1.29 bits per heavy atom. The summed E-state index contributed by atoms with van der Waals surface area (Å²) in [7, 11) is 0. The highest BCUT2D eigenvalue weighted by atomic mass is 16.5. The minimum Gasteiger partial charge on any atom is -0.355 e. The van der Waals surface area contributed by atoms with Gasteiger partial charge in [0.25, 0.3) is 0 Å². The minimum absolute atomic E-state index is 0.400. The molecule has 70 valence electrons. The molecule has 0 aliphatic rings. The number of aryl methyl sites for hydroxylation is 1. The number of carbonyl (C=O) groups is 1. The Kier molecular flexibility index (Phi) is 2.06. The van der Waals surface area contributed by atoms with E-state index in [1.165, 1.54) is 6.20 Å². The van der Waals surface area contributed by atoms with Crippen LogP contribution in [0.25, 0.3) is 11.3 Å². The Hall–Kier alpha value is -2.04. The van der Waals surface area contributed by atoms with Crippen LogP contribution in [0.15, 0.2) is 23.1 Å². The van der Waals surface area contributed by atoms with E-state index in [0.29, 0.717) is 29.0 Å². The van der Waals surface area contributed by atoms with Crippen LogP contribution in [0.2, 0.25) is 0 Å². The van der Waals surface area contributed by atoms with Gasteiger partial charge in [0.15, 0.2) is 12.0 Å². The Balaban J connectivity index is 2.49. The van der Waals surface area contributed by atoms with Gasteiger partial charge in [0.2, 0.25) is 0 Å². The average Bonchev–Trinajstić information content (AvgIpc) is 2.67. The molecule has 0 unspecified atom stereocenters. The standard InChI is InChI=1S/C9H7N3O2/c1-6-10-2-7(3-11-6)9-8(5-13)4-12-14-9/h2-5H,1H3. The molecule has 0 fully saturated rings. The molecule has 0 saturated heterocycles. The first kappa shape index (κ1) is 8.55. The van der Waals surface area contributed by atoms with E-state index in [1.54, 1.807) is 19.3 Å². The summed E-state index contributed by atoms with van der Waals surface area (Å²) >= 11 is 0. The predicted molar refractivity (Wildman–Crippen MR) is 47.7 cm³/mol. The molecular formula is C9H7N3O2. The van der Waals surface area contributed by atoms with Gasteiger partial charge in [-0.25, -0.2) is 9.97 Å². The highest BCUT2D eigenvalue weighted by molar-refractivity contribution is 5.83. The lowest BCUT2D eigenvalue weighted by Gasteiger charge is -1.95. The maximum Gasteiger partial charge on any atom is 0.180 e. The van der Waals surface area contributed by atoms with Crippen molar-refractivity contribution in [1.29, 1.82) is 0 Å². The van der Waals surface area contributed by atoms with Crippen molar-refractivity contribution in [2.75, 3.05) is 0 Å². The maximum atomic E-state index is 10.6. The molecule has 2 aromatic heterocycles. The molecule has 14 heavy (non-hydrogen) atoms. The second-order valence-electron chi connectivity index (χ2n) is 2.75. The van der Waals surface area contributed by atoms with Crippen LogP contribution in [-0.2, 0) is 0 Å². The molecule has 0 radical (unpaired) electrons. The van der Waals surface area contributed by atoms with Crippen LogP contribution in [0, 0.1) is 6.92 Å². The van der Waals surface area contributed by atoms with Gasteiger partial charge in [-0.2, -0.15) is 0 Å². The summed E-state index contributed by atoms with van der Waals surface area (Å²) in [4.78, 5) is 18.6. The second kappa shape index (κ2) is 3.37. The second-order valence-corrected chi connectivity index (χ2v) is 2.75. The van der Waals surface area contributed by atoms with Gasteiger partial charge in [0.05, 0.1) is 17.3 Å². The van der Waals surface area contributed by atoms with E-state index in [4.69, 9.17) is 4.52 Å². The summed E-state index contributed by atoms with van der Waals surface area (Å²) in [5.41, 5.74) is 1.05. The summed E-state index contributed by atoms with van der Waals surface area (Å²) in [5.74, 6) is 1.07. The average molecular weight is 189 g/mol. The van der Waals surface area contributed by atoms with Crippen LogP contribution in [-0.4, -0.2) is 21.4 Å². The van der Waals surface area contributed by atoms with E-state index in [9.17, 15) is 4.79 Å². The van der Waals surface area contributed by atoms with E-state index < -0.39 is 0 Å². The molecule has 0 atom stereocenters. The molecule has 0 saturated carbocycles. The third-order valence-corrected chi connectivity index (χ3v) is 1.77. The summed E-state index contributed by atoms with van der Waals surface area (Å²) in [6.07, 6.45) is 5.24. The number of hydrogen-bond acceptors (Lipinski definition) is 5. The number of hydrogen-bond donors (Lipinski definition) is 0. The normalized spacial score (nSPS) is 10.1. The van der Waals surface area contributed by atoms with E-state index in [-0.39, 0.29) is 0 Å². The Bertz CT molecular complexity index is 447. The molecule has 0 aliphatic carbocycles. The monoisotopic (exact) mass is 189 g/mol. The first-order chi connectivity index (χ1) is 6.81. The molecule has 0 amide bonds. The summed E-state index contributed by atoms with van der Waals surface area (Å²) in [5, 5.41) is 3.53. The van der Waals surface area contributed by atoms with Gasteiger partial charge < -0.3 is 4.52 Å². The predicted octanol–water partition coefficient (Wildman–Crippen LogP) is 1.25. The zero-order valence-electron chi connectivity index (χ0n) is 7.47. The van der Waals surface area contributed by atoms with Gasteiger partial charge in [0.1, 0.15) is 5.82 Å². The van der Waals surface area contributed by atoms with Crippen LogP contribution < -0.4 is 0 Å². The van der Waals surface area contributed by atoms with E-state index in [0.717, 1.165) is 0 Å². The minimum atomic E-state index is 0.400. The third-order valence-electron chi connectivity index (χ3n) is 1.77. The topological polar surface area (TPSA) is 68.9 Å². The highest BCUT2D eigenvalue weighted by Crippen LogP contribution is 2.20. The van der Waals surface area contributed by atoms with Crippen molar-refractivity contribution in [1.82, 2.24) is 15.1 Å². The van der Waals surface area contributed by atoms with Gasteiger partial charge in [-0.05, 0) is 6.92 Å². The van der Waals surface area contributed by atoms with Crippen molar-refractivity contribution in [3.05, 3.63) is 30.0 Å². The Morgan fingerprint density at radius 3 is 2.64 bits per heavy atom. The van der Waals surface area contributed by atoms with Crippen molar-refractivity contribution < 1.29 is 9.32 Å². The van der Waals surface area contributed by atoms with Crippen LogP contribution in [0.4, 0.5) is 0 Å². The lowest BCUT2D eigenvalue weighted by atomic mass is 10.2. The number of nitrogens with zero attached hydrogens (tertiary/aromatic N) is 3. The molecule has 2 heterocycles. The fraction of sp³-hybridized carbons (Fsp3) is 0.111. The SMILES string of the molecule is Cc1ncc(-c2oncc2C=O)cn1. The molecular weight excluding hydrogens is 182 g/mol. The van der Waals surface area contributed by atoms with Gasteiger partial charge in [-0.1, -0.05) is 5.16 Å². The zero-order chi connectivity index (χ0) is 9.97.